The number of rotatable bonds is 2. The Bertz CT molecular complexity index is 493. The summed E-state index contributed by atoms with van der Waals surface area (Å²) in [5.41, 5.74) is 1.39. The van der Waals surface area contributed by atoms with Crippen molar-refractivity contribution in [2.75, 3.05) is 0 Å². The molecular weight excluding hydrogens is 248 g/mol. The molecule has 0 saturated heterocycles. The van der Waals surface area contributed by atoms with Gasteiger partial charge < -0.3 is 9.51 Å². The smallest absolute Gasteiger partial charge is 0.309 e. The van der Waals surface area contributed by atoms with E-state index in [0.29, 0.717) is 5.69 Å². The minimum absolute atomic E-state index is 0.0564. The number of pyridine rings is 1. The maximum Gasteiger partial charge on any atom is 0.309 e. The highest BCUT2D eigenvalue weighted by atomic mass is 79.9. The first kappa shape index (κ1) is 9.21. The van der Waals surface area contributed by atoms with Crippen LogP contribution < -0.4 is 0 Å². The highest BCUT2D eigenvalue weighted by molar-refractivity contribution is 9.10. The second-order valence-electron chi connectivity index (χ2n) is 2.87. The van der Waals surface area contributed by atoms with Crippen LogP contribution in [0, 0.1) is 0 Å². The van der Waals surface area contributed by atoms with Gasteiger partial charge in [0.05, 0.1) is 24.0 Å². The molecule has 0 atom stereocenters. The molecule has 0 amide bonds. The molecule has 4 nitrogen and oxygen atoms in total. The Morgan fingerprint density at radius 1 is 1.64 bits per heavy atom. The molecule has 2 heterocycles. The number of aromatic nitrogens is 2. The summed E-state index contributed by atoms with van der Waals surface area (Å²) >= 11 is 3.36. The molecular formula is C9H7BrN2O2. The van der Waals surface area contributed by atoms with Gasteiger partial charge in [0.25, 0.3) is 0 Å². The summed E-state index contributed by atoms with van der Waals surface area (Å²) in [6.45, 7) is 0. The van der Waals surface area contributed by atoms with Crippen LogP contribution in [0.4, 0.5) is 0 Å². The van der Waals surface area contributed by atoms with Gasteiger partial charge in [-0.15, -0.1) is 0 Å². The largest absolute Gasteiger partial charge is 0.481 e. The molecule has 0 spiro atoms. The SMILES string of the molecule is O=C(O)Cc1ncn2cccc(Br)c12. The van der Waals surface area contributed by atoms with E-state index < -0.39 is 5.97 Å². The number of aliphatic carboxylic acids is 1. The summed E-state index contributed by atoms with van der Waals surface area (Å²) in [6.07, 6.45) is 3.38. The van der Waals surface area contributed by atoms with E-state index >= 15 is 0 Å². The number of hydrogen-bond donors (Lipinski definition) is 1. The Kier molecular flexibility index (Phi) is 2.25. The lowest BCUT2D eigenvalue weighted by Crippen LogP contribution is -2.01. The van der Waals surface area contributed by atoms with Crippen LogP contribution in [-0.2, 0) is 11.2 Å². The van der Waals surface area contributed by atoms with Crippen LogP contribution in [0.5, 0.6) is 0 Å². The van der Waals surface area contributed by atoms with Crippen LogP contribution in [0.15, 0.2) is 29.1 Å². The molecule has 72 valence electrons. The van der Waals surface area contributed by atoms with Crippen LogP contribution in [0.3, 0.4) is 0 Å². The fraction of sp³-hybridized carbons (Fsp3) is 0.111. The van der Waals surface area contributed by atoms with E-state index in [4.69, 9.17) is 5.11 Å². The van der Waals surface area contributed by atoms with Crippen LogP contribution in [0.1, 0.15) is 5.69 Å². The number of halogens is 1. The first-order valence-electron chi connectivity index (χ1n) is 4.00. The Balaban J connectivity index is 2.61. The Hall–Kier alpha value is -1.36. The van der Waals surface area contributed by atoms with Crippen molar-refractivity contribution >= 4 is 27.4 Å². The third kappa shape index (κ3) is 1.50. The summed E-state index contributed by atoms with van der Waals surface area (Å²) in [4.78, 5) is 14.6. The van der Waals surface area contributed by atoms with Gasteiger partial charge in [-0.2, -0.15) is 0 Å². The van der Waals surface area contributed by atoms with E-state index in [9.17, 15) is 4.79 Å². The number of carboxylic acids is 1. The first-order chi connectivity index (χ1) is 6.68. The second-order valence-corrected chi connectivity index (χ2v) is 3.73. The monoisotopic (exact) mass is 254 g/mol. The van der Waals surface area contributed by atoms with Crippen LogP contribution >= 0.6 is 15.9 Å². The van der Waals surface area contributed by atoms with Gasteiger partial charge in [0.1, 0.15) is 0 Å². The molecule has 0 aliphatic rings. The Morgan fingerprint density at radius 3 is 3.14 bits per heavy atom. The Morgan fingerprint density at radius 2 is 2.43 bits per heavy atom. The zero-order valence-corrected chi connectivity index (χ0v) is 8.73. The van der Waals surface area contributed by atoms with Crippen molar-refractivity contribution < 1.29 is 9.90 Å². The van der Waals surface area contributed by atoms with Crippen molar-refractivity contribution in [2.45, 2.75) is 6.42 Å². The van der Waals surface area contributed by atoms with Gasteiger partial charge in [-0.1, -0.05) is 0 Å². The molecule has 2 aromatic heterocycles. The molecule has 14 heavy (non-hydrogen) atoms. The third-order valence-corrected chi connectivity index (χ3v) is 2.54. The summed E-state index contributed by atoms with van der Waals surface area (Å²) in [5, 5.41) is 8.67. The predicted molar refractivity (Wildman–Crippen MR) is 54.2 cm³/mol. The minimum Gasteiger partial charge on any atom is -0.481 e. The van der Waals surface area contributed by atoms with E-state index in [1.54, 1.807) is 10.7 Å². The number of hydrogen-bond acceptors (Lipinski definition) is 2. The van der Waals surface area contributed by atoms with E-state index in [1.165, 1.54) is 0 Å². The fourth-order valence-corrected chi connectivity index (χ4v) is 1.93. The molecule has 0 radical (unpaired) electrons. The van der Waals surface area contributed by atoms with Crippen LogP contribution in [0.25, 0.3) is 5.52 Å². The molecule has 2 rings (SSSR count). The first-order valence-corrected chi connectivity index (χ1v) is 4.79. The van der Waals surface area contributed by atoms with E-state index in [2.05, 4.69) is 20.9 Å². The maximum absolute atomic E-state index is 10.6. The lowest BCUT2D eigenvalue weighted by Gasteiger charge is -1.97. The predicted octanol–water partition coefficient (Wildman–Crippen LogP) is 1.72. The molecule has 0 aliphatic heterocycles. The fourth-order valence-electron chi connectivity index (χ4n) is 1.35. The zero-order valence-electron chi connectivity index (χ0n) is 7.14. The number of nitrogens with zero attached hydrogens (tertiary/aromatic N) is 2. The molecule has 2 aromatic rings. The Labute approximate surface area is 88.3 Å². The van der Waals surface area contributed by atoms with Gasteiger partial charge in [0, 0.05) is 10.7 Å². The summed E-state index contributed by atoms with van der Waals surface area (Å²) in [7, 11) is 0. The summed E-state index contributed by atoms with van der Waals surface area (Å²) in [5.74, 6) is -0.874. The van der Waals surface area contributed by atoms with Crippen molar-refractivity contribution in [1.82, 2.24) is 9.38 Å². The van der Waals surface area contributed by atoms with E-state index in [0.717, 1.165) is 9.99 Å². The van der Waals surface area contributed by atoms with Crippen molar-refractivity contribution in [1.29, 1.82) is 0 Å². The summed E-state index contributed by atoms with van der Waals surface area (Å²) < 4.78 is 2.65. The van der Waals surface area contributed by atoms with Crippen molar-refractivity contribution in [3.05, 3.63) is 34.8 Å². The number of fused-ring (bicyclic) bond motifs is 1. The normalized spacial score (nSPS) is 10.6. The molecule has 0 fully saturated rings. The quantitative estimate of drug-likeness (QED) is 0.888. The van der Waals surface area contributed by atoms with Gasteiger partial charge >= 0.3 is 5.97 Å². The number of carboxylic acid groups (broad SMARTS) is 1. The van der Waals surface area contributed by atoms with Crippen LogP contribution in [-0.4, -0.2) is 20.5 Å². The van der Waals surface area contributed by atoms with Crippen molar-refractivity contribution in [3.8, 4) is 0 Å². The van der Waals surface area contributed by atoms with Gasteiger partial charge in [-0.05, 0) is 28.1 Å². The van der Waals surface area contributed by atoms with Crippen molar-refractivity contribution in [3.63, 3.8) is 0 Å². The molecule has 0 unspecified atom stereocenters. The summed E-state index contributed by atoms with van der Waals surface area (Å²) in [6, 6.07) is 3.73. The molecule has 0 aliphatic carbocycles. The molecule has 0 bridgehead atoms. The van der Waals surface area contributed by atoms with Crippen LogP contribution in [0.2, 0.25) is 0 Å². The molecule has 1 N–H and O–H groups in total. The topological polar surface area (TPSA) is 54.6 Å². The average Bonchev–Trinajstić information content (AvgIpc) is 2.49. The van der Waals surface area contributed by atoms with Gasteiger partial charge in [-0.25, -0.2) is 4.98 Å². The highest BCUT2D eigenvalue weighted by Crippen LogP contribution is 2.20. The number of carbonyl (C=O) groups is 1. The maximum atomic E-state index is 10.6. The van der Waals surface area contributed by atoms with Gasteiger partial charge in [-0.3, -0.25) is 4.79 Å². The molecule has 0 aromatic carbocycles. The zero-order chi connectivity index (χ0) is 10.1. The lowest BCUT2D eigenvalue weighted by molar-refractivity contribution is -0.136. The minimum atomic E-state index is -0.874. The van der Waals surface area contributed by atoms with Gasteiger partial charge in [0.15, 0.2) is 0 Å². The number of imidazole rings is 1. The van der Waals surface area contributed by atoms with E-state index in [-0.39, 0.29) is 6.42 Å². The second kappa shape index (κ2) is 3.42. The van der Waals surface area contributed by atoms with Crippen molar-refractivity contribution in [2.24, 2.45) is 0 Å². The highest BCUT2D eigenvalue weighted by Gasteiger charge is 2.10. The average molecular weight is 255 g/mol. The molecule has 5 heteroatoms. The standard InChI is InChI=1S/C9H7BrN2O2/c10-6-2-1-3-12-5-11-7(9(6)12)4-8(13)14/h1-3,5H,4H2,(H,13,14). The third-order valence-electron chi connectivity index (χ3n) is 1.90. The van der Waals surface area contributed by atoms with Gasteiger partial charge in [0.2, 0.25) is 0 Å². The lowest BCUT2D eigenvalue weighted by atomic mass is 10.2. The van der Waals surface area contributed by atoms with E-state index in [1.807, 2.05) is 18.3 Å². The molecule has 0 saturated carbocycles.